The molecule has 2 aliphatic rings. The molecule has 2 aliphatic heterocycles. The van der Waals surface area contributed by atoms with Crippen LogP contribution >= 0.6 is 0 Å². The van der Waals surface area contributed by atoms with Gasteiger partial charge in [0.2, 0.25) is 5.56 Å². The van der Waals surface area contributed by atoms with E-state index in [0.29, 0.717) is 25.8 Å². The molecule has 3 heterocycles. The Morgan fingerprint density at radius 2 is 1.87 bits per heavy atom. The Morgan fingerprint density at radius 3 is 2.51 bits per heavy atom. The second-order valence-corrected chi connectivity index (χ2v) is 9.52. The van der Waals surface area contributed by atoms with Gasteiger partial charge in [-0.05, 0) is 26.0 Å². The molecule has 14 heteroatoms. The Morgan fingerprint density at radius 1 is 1.15 bits per heavy atom. The summed E-state index contributed by atoms with van der Waals surface area (Å²) in [6.07, 6.45) is -4.10. The van der Waals surface area contributed by atoms with Gasteiger partial charge in [0.05, 0.1) is 22.4 Å². The van der Waals surface area contributed by atoms with Crippen LogP contribution in [0.3, 0.4) is 0 Å². The van der Waals surface area contributed by atoms with Crippen LogP contribution in [0.2, 0.25) is 0 Å². The average Bonchev–Trinajstić information content (AvgIpc) is 2.86. The number of likely N-dealkylation sites (N-methyl/N-ethyl adjacent to an activating group) is 1. The average molecular weight is 556 g/mol. The predicted molar refractivity (Wildman–Crippen MR) is 133 cm³/mol. The zero-order valence-electron chi connectivity index (χ0n) is 21.0. The van der Waals surface area contributed by atoms with E-state index < -0.39 is 57.7 Å². The number of amides is 2. The third-order valence-electron chi connectivity index (χ3n) is 6.95. The van der Waals surface area contributed by atoms with Crippen molar-refractivity contribution in [1.82, 2.24) is 14.8 Å². The van der Waals surface area contributed by atoms with E-state index in [4.69, 9.17) is 0 Å². The van der Waals surface area contributed by atoms with Crippen molar-refractivity contribution in [2.75, 3.05) is 50.0 Å². The van der Waals surface area contributed by atoms with Gasteiger partial charge in [-0.3, -0.25) is 9.59 Å². The minimum Gasteiger partial charge on any atom is -0.465 e. The molecule has 0 bridgehead atoms. The first-order valence-corrected chi connectivity index (χ1v) is 12.0. The lowest BCUT2D eigenvalue weighted by atomic mass is 9.97. The van der Waals surface area contributed by atoms with Gasteiger partial charge in [-0.25, -0.2) is 13.6 Å². The molecule has 4 rings (SSSR count). The highest BCUT2D eigenvalue weighted by Crippen LogP contribution is 2.39. The van der Waals surface area contributed by atoms with Gasteiger partial charge < -0.3 is 30.1 Å². The number of H-pyrrole nitrogens is 1. The number of nitrogens with one attached hydrogen (secondary N) is 2. The van der Waals surface area contributed by atoms with E-state index in [1.165, 1.54) is 6.08 Å². The molecule has 1 fully saturated rings. The Hall–Kier alpha value is -3.94. The number of hydrogen-bond donors (Lipinski definition) is 3. The molecule has 9 nitrogen and oxygen atoms in total. The first-order chi connectivity index (χ1) is 18.3. The fourth-order valence-electron chi connectivity index (χ4n) is 4.70. The van der Waals surface area contributed by atoms with E-state index in [-0.39, 0.29) is 42.9 Å². The van der Waals surface area contributed by atoms with Crippen molar-refractivity contribution in [3.8, 4) is 0 Å². The summed E-state index contributed by atoms with van der Waals surface area (Å²) in [5, 5.41) is 11.5. The second kappa shape index (κ2) is 10.7. The minimum absolute atomic E-state index is 0.0208. The maximum atomic E-state index is 16.1. The van der Waals surface area contributed by atoms with Crippen molar-refractivity contribution < 1.29 is 36.6 Å². The molecule has 0 unspecified atom stereocenters. The lowest BCUT2D eigenvalue weighted by molar-refractivity contribution is -0.138. The van der Waals surface area contributed by atoms with Crippen molar-refractivity contribution in [3.05, 3.63) is 63.1 Å². The van der Waals surface area contributed by atoms with Crippen LogP contribution in [0.5, 0.6) is 0 Å². The molecular formula is C25H26F5N5O4. The van der Waals surface area contributed by atoms with Crippen LogP contribution in [-0.4, -0.2) is 77.7 Å². The number of halogens is 5. The van der Waals surface area contributed by atoms with Gasteiger partial charge in [-0.2, -0.15) is 13.2 Å². The van der Waals surface area contributed by atoms with Gasteiger partial charge in [0, 0.05) is 57.1 Å². The number of piperazine rings is 1. The van der Waals surface area contributed by atoms with Crippen molar-refractivity contribution >= 4 is 28.9 Å². The number of aromatic amines is 1. The van der Waals surface area contributed by atoms with E-state index in [1.807, 2.05) is 23.9 Å². The third-order valence-corrected chi connectivity index (χ3v) is 6.95. The molecular weight excluding hydrogens is 529 g/mol. The monoisotopic (exact) mass is 555 g/mol. The SMILES string of the molecule is C[C@H]1CN(c2cc(F)c(C3=CCCN(C(=O)O)C3)c(F)c2NC(=O)c2c[nH]c(=O)cc2C(F)(F)F)CCN1C. The first-order valence-electron chi connectivity index (χ1n) is 12.0. The Balaban J connectivity index is 1.83. The second-order valence-electron chi connectivity index (χ2n) is 9.52. The molecule has 1 aromatic heterocycles. The number of carbonyl (C=O) groups is 2. The van der Waals surface area contributed by atoms with E-state index in [9.17, 15) is 32.7 Å². The number of carboxylic acid groups (broad SMARTS) is 1. The smallest absolute Gasteiger partial charge is 0.417 e. The van der Waals surface area contributed by atoms with Crippen molar-refractivity contribution in [2.45, 2.75) is 25.6 Å². The zero-order valence-corrected chi connectivity index (χ0v) is 21.0. The summed E-state index contributed by atoms with van der Waals surface area (Å²) in [6, 6.07) is 1.16. The molecule has 0 aliphatic carbocycles. The number of nitrogens with zero attached hydrogens (tertiary/aromatic N) is 3. The number of rotatable bonds is 4. The molecule has 1 atom stereocenters. The number of pyridine rings is 1. The quantitative estimate of drug-likeness (QED) is 0.495. The molecule has 1 aromatic carbocycles. The minimum atomic E-state index is -5.06. The summed E-state index contributed by atoms with van der Waals surface area (Å²) >= 11 is 0. The maximum Gasteiger partial charge on any atom is 0.417 e. The molecule has 0 spiro atoms. The summed E-state index contributed by atoms with van der Waals surface area (Å²) in [4.78, 5) is 42.7. The number of hydrogen-bond acceptors (Lipinski definition) is 5. The molecule has 1 saturated heterocycles. The zero-order chi connectivity index (χ0) is 28.6. The van der Waals surface area contributed by atoms with E-state index >= 15 is 8.78 Å². The summed E-state index contributed by atoms with van der Waals surface area (Å²) in [5.74, 6) is -3.63. The number of benzene rings is 1. The van der Waals surface area contributed by atoms with E-state index in [0.717, 1.165) is 11.0 Å². The van der Waals surface area contributed by atoms with Crippen molar-refractivity contribution in [2.24, 2.45) is 0 Å². The summed E-state index contributed by atoms with van der Waals surface area (Å²) < 4.78 is 72.4. The van der Waals surface area contributed by atoms with Crippen LogP contribution in [0.15, 0.2) is 29.2 Å². The molecule has 39 heavy (non-hydrogen) atoms. The first kappa shape index (κ1) is 28.1. The Kier molecular flexibility index (Phi) is 7.68. The lowest BCUT2D eigenvalue weighted by Gasteiger charge is -2.40. The van der Waals surface area contributed by atoms with E-state index in [2.05, 4.69) is 5.32 Å². The highest BCUT2D eigenvalue weighted by atomic mass is 19.4. The molecule has 2 aromatic rings. The van der Waals surface area contributed by atoms with Gasteiger partial charge >= 0.3 is 12.3 Å². The van der Waals surface area contributed by atoms with Crippen LogP contribution < -0.4 is 15.8 Å². The molecule has 2 amide bonds. The fourth-order valence-corrected chi connectivity index (χ4v) is 4.70. The highest BCUT2D eigenvalue weighted by molar-refractivity contribution is 6.07. The molecule has 3 N–H and O–H groups in total. The number of carbonyl (C=O) groups excluding carboxylic acids is 1. The van der Waals surface area contributed by atoms with Crippen molar-refractivity contribution in [3.63, 3.8) is 0 Å². The maximum absolute atomic E-state index is 16.1. The third kappa shape index (κ3) is 5.75. The van der Waals surface area contributed by atoms with Crippen LogP contribution in [0.1, 0.15) is 34.8 Å². The standard InChI is InChI=1S/C25H26F5N5O4/c1-13-11-34(7-6-33(13)2)18-9-17(26)20(14-4-3-5-35(12-14)24(38)39)21(27)22(18)32-23(37)15-10-31-19(36)8-16(15)25(28,29)30/h4,8-10,13H,3,5-7,11-12H2,1-2H3,(H,31,36)(H,32,37)(H,38,39)/t13-/m0/s1. The highest BCUT2D eigenvalue weighted by Gasteiger charge is 2.37. The molecule has 210 valence electrons. The normalized spacial score (nSPS) is 18.6. The number of alkyl halides is 3. The van der Waals surface area contributed by atoms with Crippen LogP contribution in [0, 0.1) is 11.6 Å². The Bertz CT molecular complexity index is 1390. The van der Waals surface area contributed by atoms with Crippen LogP contribution in [-0.2, 0) is 6.18 Å². The van der Waals surface area contributed by atoms with Gasteiger partial charge in [0.15, 0.2) is 5.82 Å². The fraction of sp³-hybridized carbons (Fsp3) is 0.400. The van der Waals surface area contributed by atoms with Crippen LogP contribution in [0.4, 0.5) is 38.1 Å². The largest absolute Gasteiger partial charge is 0.465 e. The lowest BCUT2D eigenvalue weighted by Crippen LogP contribution is -2.50. The van der Waals surface area contributed by atoms with Crippen LogP contribution in [0.25, 0.3) is 5.57 Å². The summed E-state index contributed by atoms with van der Waals surface area (Å²) in [5.41, 5.74) is -4.76. The van der Waals surface area contributed by atoms with Gasteiger partial charge in [0.1, 0.15) is 11.5 Å². The topological polar surface area (TPSA) is 109 Å². The van der Waals surface area contributed by atoms with Gasteiger partial charge in [-0.1, -0.05) is 6.08 Å². The van der Waals surface area contributed by atoms with Gasteiger partial charge in [-0.15, -0.1) is 0 Å². The van der Waals surface area contributed by atoms with E-state index in [1.54, 1.807) is 4.90 Å². The molecule has 0 saturated carbocycles. The molecule has 0 radical (unpaired) electrons. The van der Waals surface area contributed by atoms with Gasteiger partial charge in [0.25, 0.3) is 5.91 Å². The van der Waals surface area contributed by atoms with Crippen molar-refractivity contribution in [1.29, 1.82) is 0 Å². The summed E-state index contributed by atoms with van der Waals surface area (Å²) in [6.45, 7) is 2.81. The summed E-state index contributed by atoms with van der Waals surface area (Å²) in [7, 11) is 1.87. The Labute approximate surface area is 219 Å². The number of aromatic nitrogens is 1. The number of anilines is 2. The predicted octanol–water partition coefficient (Wildman–Crippen LogP) is 3.83.